The van der Waals surface area contributed by atoms with Crippen LogP contribution in [0.3, 0.4) is 0 Å². The molecular weight excluding hydrogens is 791 g/mol. The van der Waals surface area contributed by atoms with Crippen LogP contribution in [0.2, 0.25) is 0 Å². The Kier molecular flexibility index (Phi) is 11.0. The molecule has 1 aromatic carbocycles. The van der Waals surface area contributed by atoms with Crippen LogP contribution in [0.15, 0.2) is 36.8 Å². The predicted molar refractivity (Wildman–Crippen MR) is 221 cm³/mol. The van der Waals surface area contributed by atoms with E-state index in [1.54, 1.807) is 35.5 Å². The van der Waals surface area contributed by atoms with Crippen LogP contribution in [-0.2, 0) is 14.4 Å². The first-order valence-electron chi connectivity index (χ1n) is 21.3. The van der Waals surface area contributed by atoms with E-state index in [2.05, 4.69) is 45.8 Å². The van der Waals surface area contributed by atoms with E-state index in [0.717, 1.165) is 101 Å². The van der Waals surface area contributed by atoms with Crippen molar-refractivity contribution in [3.8, 4) is 5.75 Å². The lowest BCUT2D eigenvalue weighted by atomic mass is 9.71. The number of methoxy groups -OCH3 is 1. The van der Waals surface area contributed by atoms with Gasteiger partial charge in [-0.2, -0.15) is 13.8 Å². The molecular formula is C42H52F2N12O5. The largest absolute Gasteiger partial charge is 0.495 e. The zero-order valence-electron chi connectivity index (χ0n) is 34.5. The fraction of sp³-hybridized carbons (Fsp3) is 0.571. The zero-order valence-corrected chi connectivity index (χ0v) is 34.5. The molecule has 1 atom stereocenters. The number of nitrogens with zero attached hydrogens (tertiary/aromatic N) is 9. The number of imide groups is 1. The number of hydrogen-bond donors (Lipinski definition) is 3. The fourth-order valence-electron chi connectivity index (χ4n) is 9.97. The van der Waals surface area contributed by atoms with Crippen LogP contribution in [0.4, 0.5) is 37.9 Å². The SMILES string of the molecule is COc1cc(C(=O)NN2CCC(N3CC4(CCN(c5ncc(C6CCC(=O)NC6=O)cn5)CC4)C3)CC2)ccc1Nc1ncc2c(n1)N(C1CCCC1)CC(F)(F)C(=O)N2C. The number of halogens is 2. The van der Waals surface area contributed by atoms with E-state index < -0.39 is 24.3 Å². The minimum absolute atomic E-state index is 0.148. The van der Waals surface area contributed by atoms with Gasteiger partial charge in [0.25, 0.3) is 11.8 Å². The second kappa shape index (κ2) is 16.4. The Morgan fingerprint density at radius 1 is 0.902 bits per heavy atom. The first kappa shape index (κ1) is 40.8. The number of anilines is 5. The third kappa shape index (κ3) is 8.16. The van der Waals surface area contributed by atoms with E-state index >= 15 is 8.78 Å². The van der Waals surface area contributed by atoms with Crippen molar-refractivity contribution < 1.29 is 32.7 Å². The summed E-state index contributed by atoms with van der Waals surface area (Å²) in [6, 6.07) is 5.32. The molecule has 19 heteroatoms. The summed E-state index contributed by atoms with van der Waals surface area (Å²) in [5, 5.41) is 7.51. The summed E-state index contributed by atoms with van der Waals surface area (Å²) < 4.78 is 35.7. The minimum atomic E-state index is -3.57. The number of ether oxygens (including phenoxy) is 1. The number of alkyl halides is 2. The van der Waals surface area contributed by atoms with Crippen molar-refractivity contribution in [2.24, 2.45) is 5.41 Å². The molecule has 6 aliphatic rings. The second-order valence-electron chi connectivity index (χ2n) is 17.4. The third-order valence-electron chi connectivity index (χ3n) is 13.6. The van der Waals surface area contributed by atoms with Crippen LogP contribution < -0.4 is 35.5 Å². The molecule has 7 heterocycles. The van der Waals surface area contributed by atoms with Gasteiger partial charge in [-0.15, -0.1) is 0 Å². The van der Waals surface area contributed by atoms with Gasteiger partial charge in [0.2, 0.25) is 23.7 Å². The molecule has 2 aromatic heterocycles. The number of nitrogens with one attached hydrogen (secondary N) is 3. The summed E-state index contributed by atoms with van der Waals surface area (Å²) in [5.74, 6) is -4.55. The van der Waals surface area contributed by atoms with Crippen molar-refractivity contribution in [3.63, 3.8) is 0 Å². The number of rotatable bonds is 9. The van der Waals surface area contributed by atoms with Gasteiger partial charge in [0, 0.05) is 88.3 Å². The summed E-state index contributed by atoms with van der Waals surface area (Å²) in [4.78, 5) is 75.4. The van der Waals surface area contributed by atoms with Gasteiger partial charge in [-0.1, -0.05) is 12.8 Å². The normalized spacial score (nSPS) is 23.6. The van der Waals surface area contributed by atoms with Crippen LogP contribution in [0.5, 0.6) is 5.75 Å². The average molecular weight is 843 g/mol. The number of likely N-dealkylation sites (tertiary alicyclic amines) is 1. The average Bonchev–Trinajstić information content (AvgIpc) is 3.78. The maximum atomic E-state index is 15.0. The molecule has 3 aromatic rings. The smallest absolute Gasteiger partial charge is 0.342 e. The van der Waals surface area contributed by atoms with E-state index in [-0.39, 0.29) is 41.2 Å². The molecule has 9 rings (SSSR count). The molecule has 0 bridgehead atoms. The van der Waals surface area contributed by atoms with Crippen molar-refractivity contribution in [2.45, 2.75) is 88.1 Å². The number of piperidine rings is 3. The van der Waals surface area contributed by atoms with E-state index in [9.17, 15) is 19.2 Å². The Bertz CT molecular complexity index is 2170. The number of benzene rings is 1. The zero-order chi connectivity index (χ0) is 42.5. The maximum Gasteiger partial charge on any atom is 0.342 e. The highest BCUT2D eigenvalue weighted by atomic mass is 19.3. The summed E-state index contributed by atoms with van der Waals surface area (Å²) in [5.41, 5.74) is 5.22. The molecule has 3 N–H and O–H groups in total. The van der Waals surface area contributed by atoms with Gasteiger partial charge < -0.3 is 24.8 Å². The van der Waals surface area contributed by atoms with Crippen molar-refractivity contribution in [1.29, 1.82) is 0 Å². The molecule has 5 fully saturated rings. The number of carbonyl (C=O) groups excluding carboxylic acids is 4. The molecule has 1 saturated carbocycles. The van der Waals surface area contributed by atoms with Crippen LogP contribution in [0, 0.1) is 5.41 Å². The molecule has 1 unspecified atom stereocenters. The van der Waals surface area contributed by atoms with Crippen molar-refractivity contribution in [3.05, 3.63) is 47.9 Å². The van der Waals surface area contributed by atoms with Gasteiger partial charge >= 0.3 is 5.92 Å². The standard InChI is InChI=1S/C42H52F2N12O5/c1-52-32-22-45-39(50-35(32)56(29-5-3-4-6-29)25-42(43,44)38(52)60)48-31-9-7-26(19-33(31)61-2)36(58)51-55-15-11-28(12-16-55)54-23-41(24-54)13-17-53(18-14-41)40-46-20-27(21-47-40)30-8-10-34(57)49-37(30)59/h7,9,19-22,28-30H,3-6,8,10-18,23-25H2,1-2H3,(H,51,58)(H,45,48,50)(H,49,57,59). The Balaban J connectivity index is 0.753. The molecule has 324 valence electrons. The Hall–Kier alpha value is -5.56. The highest BCUT2D eigenvalue weighted by Crippen LogP contribution is 2.44. The molecule has 0 radical (unpaired) electrons. The Labute approximate surface area is 352 Å². The first-order valence-corrected chi connectivity index (χ1v) is 21.3. The topological polar surface area (TPSA) is 181 Å². The van der Waals surface area contributed by atoms with Gasteiger partial charge in [0.15, 0.2) is 5.82 Å². The summed E-state index contributed by atoms with van der Waals surface area (Å²) in [6.45, 7) is 4.60. The van der Waals surface area contributed by atoms with Crippen LogP contribution in [-0.4, -0.2) is 131 Å². The molecule has 1 spiro atoms. The number of carbonyl (C=O) groups is 4. The highest BCUT2D eigenvalue weighted by Gasteiger charge is 2.50. The molecule has 1 aliphatic carbocycles. The molecule has 4 saturated heterocycles. The van der Waals surface area contributed by atoms with Crippen molar-refractivity contribution >= 4 is 52.7 Å². The number of hydrogen-bond acceptors (Lipinski definition) is 14. The van der Waals surface area contributed by atoms with E-state index in [4.69, 9.17) is 4.74 Å². The van der Waals surface area contributed by atoms with Crippen molar-refractivity contribution in [1.82, 2.24) is 40.6 Å². The van der Waals surface area contributed by atoms with Crippen LogP contribution in [0.25, 0.3) is 0 Å². The van der Waals surface area contributed by atoms with E-state index in [0.29, 0.717) is 47.2 Å². The Morgan fingerprint density at radius 2 is 1.62 bits per heavy atom. The van der Waals surface area contributed by atoms with Gasteiger partial charge in [-0.3, -0.25) is 34.8 Å². The lowest BCUT2D eigenvalue weighted by Gasteiger charge is -2.57. The molecule has 5 aliphatic heterocycles. The lowest BCUT2D eigenvalue weighted by Crippen LogP contribution is -2.64. The van der Waals surface area contributed by atoms with E-state index in [1.807, 2.05) is 5.01 Å². The van der Waals surface area contributed by atoms with Crippen LogP contribution in [0.1, 0.15) is 86.0 Å². The van der Waals surface area contributed by atoms with Crippen molar-refractivity contribution in [2.75, 3.05) is 80.0 Å². The maximum absolute atomic E-state index is 15.0. The lowest BCUT2D eigenvalue weighted by molar-refractivity contribution is -0.140. The predicted octanol–water partition coefficient (Wildman–Crippen LogP) is 3.61. The number of aromatic nitrogens is 4. The summed E-state index contributed by atoms with van der Waals surface area (Å²) in [6.07, 6.45) is 13.0. The summed E-state index contributed by atoms with van der Waals surface area (Å²) in [7, 11) is 2.82. The van der Waals surface area contributed by atoms with Crippen LogP contribution >= 0.6 is 0 Å². The number of fused-ring (bicyclic) bond motifs is 1. The van der Waals surface area contributed by atoms with Gasteiger partial charge in [0.05, 0.1) is 31.5 Å². The number of hydrazine groups is 1. The van der Waals surface area contributed by atoms with Gasteiger partial charge in [-0.05, 0) is 68.6 Å². The second-order valence-corrected chi connectivity index (χ2v) is 17.4. The molecule has 4 amide bonds. The molecule has 61 heavy (non-hydrogen) atoms. The summed E-state index contributed by atoms with van der Waals surface area (Å²) >= 11 is 0. The third-order valence-corrected chi connectivity index (χ3v) is 13.6. The van der Waals surface area contributed by atoms with Gasteiger partial charge in [0.1, 0.15) is 11.4 Å². The van der Waals surface area contributed by atoms with E-state index in [1.165, 1.54) is 20.4 Å². The van der Waals surface area contributed by atoms with Gasteiger partial charge in [-0.25, -0.2) is 20.0 Å². The highest BCUT2D eigenvalue weighted by molar-refractivity contribution is 6.02. The minimum Gasteiger partial charge on any atom is -0.495 e. The monoisotopic (exact) mass is 842 g/mol. The Morgan fingerprint density at radius 3 is 2.31 bits per heavy atom. The number of amides is 4. The first-order chi connectivity index (χ1) is 29.4. The fourth-order valence-corrected chi connectivity index (χ4v) is 9.97. The quantitative estimate of drug-likeness (QED) is 0.266. The molecule has 17 nitrogen and oxygen atoms in total.